The molecule has 0 bridgehead atoms. The predicted molar refractivity (Wildman–Crippen MR) is 68.2 cm³/mol. The molecule has 1 aromatic rings. The van der Waals surface area contributed by atoms with Crippen molar-refractivity contribution in [3.8, 4) is 0 Å². The van der Waals surface area contributed by atoms with Gasteiger partial charge >= 0.3 is 0 Å². The summed E-state index contributed by atoms with van der Waals surface area (Å²) < 4.78 is 0. The summed E-state index contributed by atoms with van der Waals surface area (Å²) in [5.74, 6) is 3.11. The number of hydrogen-bond donors (Lipinski definition) is 2. The second kappa shape index (κ2) is 4.73. The number of nitrogens with two attached hydrogens (primary N) is 1. The van der Waals surface area contributed by atoms with Gasteiger partial charge in [0.25, 0.3) is 0 Å². The van der Waals surface area contributed by atoms with Crippen LogP contribution < -0.4 is 11.1 Å². The van der Waals surface area contributed by atoms with Crippen LogP contribution in [0.5, 0.6) is 0 Å². The van der Waals surface area contributed by atoms with Crippen molar-refractivity contribution in [2.75, 3.05) is 11.1 Å². The molecule has 3 heteroatoms. The lowest BCUT2D eigenvalue weighted by Crippen LogP contribution is -2.30. The maximum Gasteiger partial charge on any atom is 0.128 e. The zero-order valence-corrected chi connectivity index (χ0v) is 10.1. The molecule has 1 aromatic heterocycles. The fourth-order valence-corrected chi connectivity index (χ4v) is 2.81. The minimum Gasteiger partial charge on any atom is -0.384 e. The van der Waals surface area contributed by atoms with Crippen molar-refractivity contribution in [2.24, 2.45) is 11.8 Å². The first-order valence-corrected chi connectivity index (χ1v) is 6.12. The monoisotopic (exact) mass is 219 g/mol. The van der Waals surface area contributed by atoms with Crippen LogP contribution >= 0.6 is 0 Å². The van der Waals surface area contributed by atoms with Gasteiger partial charge in [0.2, 0.25) is 0 Å². The molecule has 2 rings (SSSR count). The molecular formula is C13H21N3. The van der Waals surface area contributed by atoms with Gasteiger partial charge in [0, 0.05) is 6.04 Å². The average molecular weight is 219 g/mol. The molecule has 0 radical (unpaired) electrons. The van der Waals surface area contributed by atoms with Crippen LogP contribution in [0.4, 0.5) is 11.6 Å². The van der Waals surface area contributed by atoms with E-state index >= 15 is 0 Å². The van der Waals surface area contributed by atoms with Gasteiger partial charge in [0.05, 0.1) is 0 Å². The fraction of sp³-hybridized carbons (Fsp3) is 0.615. The fourth-order valence-electron chi connectivity index (χ4n) is 2.81. The van der Waals surface area contributed by atoms with E-state index in [1.165, 1.54) is 19.3 Å². The molecular weight excluding hydrogens is 198 g/mol. The van der Waals surface area contributed by atoms with E-state index in [4.69, 9.17) is 5.73 Å². The van der Waals surface area contributed by atoms with Crippen molar-refractivity contribution in [3.05, 3.63) is 18.2 Å². The summed E-state index contributed by atoms with van der Waals surface area (Å²) in [6, 6.07) is 6.30. The van der Waals surface area contributed by atoms with Crippen LogP contribution in [0.1, 0.15) is 33.1 Å². The summed E-state index contributed by atoms with van der Waals surface area (Å²) in [5, 5.41) is 3.49. The molecule has 1 aliphatic rings. The summed E-state index contributed by atoms with van der Waals surface area (Å²) in [6.45, 7) is 4.66. The van der Waals surface area contributed by atoms with E-state index in [1.807, 2.05) is 18.2 Å². The van der Waals surface area contributed by atoms with Crippen molar-refractivity contribution in [1.82, 2.24) is 4.98 Å². The van der Waals surface area contributed by atoms with E-state index in [9.17, 15) is 0 Å². The summed E-state index contributed by atoms with van der Waals surface area (Å²) in [5.41, 5.74) is 5.67. The quantitative estimate of drug-likeness (QED) is 0.804. The molecule has 0 aliphatic heterocycles. The van der Waals surface area contributed by atoms with Crippen molar-refractivity contribution < 1.29 is 0 Å². The SMILES string of the molecule is CC1CC(C)CC(Nc2cccc(N)n2)C1. The third-order valence-electron chi connectivity index (χ3n) is 3.30. The number of nitrogens with one attached hydrogen (secondary N) is 1. The Balaban J connectivity index is 1.98. The first-order chi connectivity index (χ1) is 7.63. The Kier molecular flexibility index (Phi) is 3.32. The maximum atomic E-state index is 5.67. The highest BCUT2D eigenvalue weighted by molar-refractivity contribution is 5.42. The third kappa shape index (κ3) is 2.87. The molecule has 88 valence electrons. The van der Waals surface area contributed by atoms with E-state index < -0.39 is 0 Å². The number of aromatic nitrogens is 1. The summed E-state index contributed by atoms with van der Waals surface area (Å²) in [6.07, 6.45) is 3.82. The molecule has 3 nitrogen and oxygen atoms in total. The molecule has 0 aromatic carbocycles. The molecule has 0 amide bonds. The van der Waals surface area contributed by atoms with Crippen molar-refractivity contribution in [1.29, 1.82) is 0 Å². The van der Waals surface area contributed by atoms with E-state index in [-0.39, 0.29) is 0 Å². The molecule has 3 N–H and O–H groups in total. The second-order valence-corrected chi connectivity index (χ2v) is 5.21. The molecule has 2 atom stereocenters. The smallest absolute Gasteiger partial charge is 0.128 e. The number of pyridine rings is 1. The molecule has 1 heterocycles. The van der Waals surface area contributed by atoms with E-state index in [2.05, 4.69) is 24.1 Å². The zero-order valence-electron chi connectivity index (χ0n) is 10.1. The Morgan fingerprint density at radius 3 is 2.50 bits per heavy atom. The van der Waals surface area contributed by atoms with Crippen LogP contribution in [-0.2, 0) is 0 Å². The van der Waals surface area contributed by atoms with Gasteiger partial charge in [0.15, 0.2) is 0 Å². The molecule has 16 heavy (non-hydrogen) atoms. The second-order valence-electron chi connectivity index (χ2n) is 5.21. The van der Waals surface area contributed by atoms with Gasteiger partial charge in [-0.2, -0.15) is 0 Å². The highest BCUT2D eigenvalue weighted by Gasteiger charge is 2.23. The normalized spacial score (nSPS) is 30.0. The van der Waals surface area contributed by atoms with Gasteiger partial charge in [0.1, 0.15) is 11.6 Å². The van der Waals surface area contributed by atoms with Crippen LogP contribution in [0.2, 0.25) is 0 Å². The van der Waals surface area contributed by atoms with Crippen molar-refractivity contribution in [3.63, 3.8) is 0 Å². The first-order valence-electron chi connectivity index (χ1n) is 6.12. The van der Waals surface area contributed by atoms with Gasteiger partial charge in [-0.25, -0.2) is 4.98 Å². The van der Waals surface area contributed by atoms with Gasteiger partial charge in [-0.1, -0.05) is 19.9 Å². The lowest BCUT2D eigenvalue weighted by Gasteiger charge is -2.32. The maximum absolute atomic E-state index is 5.67. The van der Waals surface area contributed by atoms with Crippen LogP contribution in [0, 0.1) is 11.8 Å². The number of anilines is 2. The standard InChI is InChI=1S/C13H21N3/c1-9-6-10(2)8-11(7-9)15-13-5-3-4-12(14)16-13/h3-5,9-11H,6-8H2,1-2H3,(H3,14,15,16). The molecule has 1 aliphatic carbocycles. The largest absolute Gasteiger partial charge is 0.384 e. The van der Waals surface area contributed by atoms with Gasteiger partial charge in [-0.3, -0.25) is 0 Å². The van der Waals surface area contributed by atoms with Crippen LogP contribution in [0.3, 0.4) is 0 Å². The van der Waals surface area contributed by atoms with E-state index in [0.29, 0.717) is 11.9 Å². The highest BCUT2D eigenvalue weighted by Crippen LogP contribution is 2.30. The molecule has 1 saturated carbocycles. The van der Waals surface area contributed by atoms with Gasteiger partial charge in [-0.15, -0.1) is 0 Å². The Labute approximate surface area is 97.5 Å². The first kappa shape index (κ1) is 11.2. The lowest BCUT2D eigenvalue weighted by atomic mass is 9.80. The Morgan fingerprint density at radius 1 is 1.19 bits per heavy atom. The van der Waals surface area contributed by atoms with Crippen molar-refractivity contribution in [2.45, 2.75) is 39.2 Å². The Morgan fingerprint density at radius 2 is 1.88 bits per heavy atom. The zero-order chi connectivity index (χ0) is 11.5. The van der Waals surface area contributed by atoms with E-state index in [0.717, 1.165) is 17.7 Å². The molecule has 2 unspecified atom stereocenters. The summed E-state index contributed by atoms with van der Waals surface area (Å²) in [4.78, 5) is 4.28. The van der Waals surface area contributed by atoms with Crippen LogP contribution in [0.15, 0.2) is 18.2 Å². The summed E-state index contributed by atoms with van der Waals surface area (Å²) >= 11 is 0. The number of nitrogen functional groups attached to an aromatic ring is 1. The van der Waals surface area contributed by atoms with Gasteiger partial charge in [-0.05, 0) is 43.2 Å². The minimum atomic E-state index is 0.549. The van der Waals surface area contributed by atoms with Gasteiger partial charge < -0.3 is 11.1 Å². The molecule has 0 saturated heterocycles. The third-order valence-corrected chi connectivity index (χ3v) is 3.30. The average Bonchev–Trinajstić information content (AvgIpc) is 2.15. The lowest BCUT2D eigenvalue weighted by molar-refractivity contribution is 0.280. The number of rotatable bonds is 2. The Hall–Kier alpha value is -1.25. The molecule has 0 spiro atoms. The minimum absolute atomic E-state index is 0.549. The van der Waals surface area contributed by atoms with Crippen LogP contribution in [0.25, 0.3) is 0 Å². The number of nitrogens with zero attached hydrogens (tertiary/aromatic N) is 1. The molecule has 1 fully saturated rings. The van der Waals surface area contributed by atoms with E-state index in [1.54, 1.807) is 0 Å². The topological polar surface area (TPSA) is 50.9 Å². The highest BCUT2D eigenvalue weighted by atomic mass is 15.0. The number of hydrogen-bond acceptors (Lipinski definition) is 3. The van der Waals surface area contributed by atoms with Crippen molar-refractivity contribution >= 4 is 11.6 Å². The Bertz CT molecular complexity index is 341. The predicted octanol–water partition coefficient (Wildman–Crippen LogP) is 2.90. The van der Waals surface area contributed by atoms with Crippen LogP contribution in [-0.4, -0.2) is 11.0 Å². The summed E-state index contributed by atoms with van der Waals surface area (Å²) in [7, 11) is 0.